The molecule has 1 aliphatic heterocycles. The molecule has 1 aliphatic rings. The van der Waals surface area contributed by atoms with Gasteiger partial charge in [0.1, 0.15) is 11.6 Å². The van der Waals surface area contributed by atoms with Gasteiger partial charge in [-0.3, -0.25) is 9.59 Å². The lowest BCUT2D eigenvalue weighted by Gasteiger charge is -2.19. The largest absolute Gasteiger partial charge is 0.371 e. The minimum atomic E-state index is -0.661. The van der Waals surface area contributed by atoms with Crippen LogP contribution in [0.5, 0.6) is 0 Å². The van der Waals surface area contributed by atoms with Gasteiger partial charge in [-0.25, -0.2) is 8.78 Å². The van der Waals surface area contributed by atoms with Gasteiger partial charge in [0.05, 0.1) is 0 Å². The lowest BCUT2D eigenvalue weighted by atomic mass is 10.1. The van der Waals surface area contributed by atoms with Gasteiger partial charge in [-0.1, -0.05) is 12.1 Å². The zero-order valence-corrected chi connectivity index (χ0v) is 17.1. The van der Waals surface area contributed by atoms with Crippen molar-refractivity contribution in [3.63, 3.8) is 0 Å². The first kappa shape index (κ1) is 21.7. The van der Waals surface area contributed by atoms with E-state index >= 15 is 0 Å². The van der Waals surface area contributed by atoms with Crippen LogP contribution in [0.15, 0.2) is 42.5 Å². The summed E-state index contributed by atoms with van der Waals surface area (Å²) in [6.07, 6.45) is 2.37. The second kappa shape index (κ2) is 10.2. The summed E-state index contributed by atoms with van der Waals surface area (Å²) in [6.45, 7) is 3.77. The average molecular weight is 415 g/mol. The standard InChI is InChI=1S/C23H27F2N3O2/c1-16(26-22(29)11-10-19-20(24)8-5-9-21(19)25)14-23(30)27-17-6-4-7-18(15-17)28-12-2-3-13-28/h4-9,15-16H,2-3,10-14H2,1H3,(H,26,29)(H,27,30). The molecule has 1 saturated heterocycles. The Morgan fingerprint density at radius 1 is 1.03 bits per heavy atom. The van der Waals surface area contributed by atoms with Gasteiger partial charge < -0.3 is 15.5 Å². The summed E-state index contributed by atoms with van der Waals surface area (Å²) >= 11 is 0. The molecule has 0 aliphatic carbocycles. The molecule has 30 heavy (non-hydrogen) atoms. The van der Waals surface area contributed by atoms with Crippen LogP contribution in [-0.2, 0) is 16.0 Å². The maximum atomic E-state index is 13.6. The number of halogens is 2. The Kier molecular flexibility index (Phi) is 7.38. The molecular formula is C23H27F2N3O2. The Morgan fingerprint density at radius 3 is 2.40 bits per heavy atom. The van der Waals surface area contributed by atoms with E-state index in [0.29, 0.717) is 0 Å². The van der Waals surface area contributed by atoms with Crippen LogP contribution in [0.25, 0.3) is 0 Å². The summed E-state index contributed by atoms with van der Waals surface area (Å²) in [5, 5.41) is 5.58. The minimum absolute atomic E-state index is 0.0352. The Hall–Kier alpha value is -2.96. The molecule has 1 atom stereocenters. The van der Waals surface area contributed by atoms with Crippen LogP contribution in [0.4, 0.5) is 20.2 Å². The highest BCUT2D eigenvalue weighted by Gasteiger charge is 2.16. The van der Waals surface area contributed by atoms with Crippen molar-refractivity contribution in [2.75, 3.05) is 23.3 Å². The van der Waals surface area contributed by atoms with E-state index in [0.717, 1.165) is 24.5 Å². The first-order valence-electron chi connectivity index (χ1n) is 10.3. The van der Waals surface area contributed by atoms with Crippen LogP contribution in [0.2, 0.25) is 0 Å². The Labute approximate surface area is 175 Å². The van der Waals surface area contributed by atoms with E-state index in [-0.39, 0.29) is 36.6 Å². The first-order chi connectivity index (χ1) is 14.4. The van der Waals surface area contributed by atoms with Crippen molar-refractivity contribution in [2.45, 2.75) is 45.1 Å². The summed E-state index contributed by atoms with van der Waals surface area (Å²) in [5.74, 6) is -1.88. The molecule has 160 valence electrons. The summed E-state index contributed by atoms with van der Waals surface area (Å²) in [5.41, 5.74) is 1.71. The van der Waals surface area contributed by atoms with Crippen molar-refractivity contribution in [1.82, 2.24) is 5.32 Å². The molecule has 1 heterocycles. The number of carbonyl (C=O) groups excluding carboxylic acids is 2. The van der Waals surface area contributed by atoms with E-state index in [1.807, 2.05) is 24.3 Å². The Morgan fingerprint density at radius 2 is 1.70 bits per heavy atom. The van der Waals surface area contributed by atoms with Crippen molar-refractivity contribution in [3.8, 4) is 0 Å². The van der Waals surface area contributed by atoms with E-state index in [4.69, 9.17) is 0 Å². The third-order valence-corrected chi connectivity index (χ3v) is 5.16. The van der Waals surface area contributed by atoms with E-state index < -0.39 is 17.7 Å². The quantitative estimate of drug-likeness (QED) is 0.684. The second-order valence-corrected chi connectivity index (χ2v) is 7.67. The zero-order valence-electron chi connectivity index (χ0n) is 17.1. The third kappa shape index (κ3) is 6.02. The van der Waals surface area contributed by atoms with Crippen molar-refractivity contribution < 1.29 is 18.4 Å². The molecule has 0 aromatic heterocycles. The maximum absolute atomic E-state index is 13.6. The van der Waals surface area contributed by atoms with Crippen molar-refractivity contribution in [3.05, 3.63) is 59.7 Å². The van der Waals surface area contributed by atoms with E-state index in [1.165, 1.54) is 31.0 Å². The number of benzene rings is 2. The molecule has 5 nitrogen and oxygen atoms in total. The highest BCUT2D eigenvalue weighted by molar-refractivity contribution is 5.92. The summed E-state index contributed by atoms with van der Waals surface area (Å²) in [7, 11) is 0. The molecule has 2 N–H and O–H groups in total. The molecule has 1 unspecified atom stereocenters. The van der Waals surface area contributed by atoms with Crippen LogP contribution in [0.3, 0.4) is 0 Å². The van der Waals surface area contributed by atoms with Crippen molar-refractivity contribution in [1.29, 1.82) is 0 Å². The topological polar surface area (TPSA) is 61.4 Å². The Balaban J connectivity index is 1.45. The lowest BCUT2D eigenvalue weighted by molar-refractivity contribution is -0.122. The number of hydrogen-bond acceptors (Lipinski definition) is 3. The van der Waals surface area contributed by atoms with Gasteiger partial charge in [0.15, 0.2) is 0 Å². The van der Waals surface area contributed by atoms with Gasteiger partial charge in [-0.05, 0) is 56.5 Å². The predicted octanol–water partition coefficient (Wildman–Crippen LogP) is 4.03. The van der Waals surface area contributed by atoms with Gasteiger partial charge in [-0.15, -0.1) is 0 Å². The fraction of sp³-hybridized carbons (Fsp3) is 0.391. The molecule has 0 bridgehead atoms. The fourth-order valence-corrected chi connectivity index (χ4v) is 3.65. The fourth-order valence-electron chi connectivity index (χ4n) is 3.65. The lowest BCUT2D eigenvalue weighted by Crippen LogP contribution is -2.35. The molecule has 2 aromatic carbocycles. The molecule has 0 saturated carbocycles. The summed E-state index contributed by atoms with van der Waals surface area (Å²) in [4.78, 5) is 26.7. The Bertz CT molecular complexity index is 878. The monoisotopic (exact) mass is 415 g/mol. The molecule has 0 spiro atoms. The molecule has 2 amide bonds. The highest BCUT2D eigenvalue weighted by atomic mass is 19.1. The van der Waals surface area contributed by atoms with Crippen molar-refractivity contribution >= 4 is 23.2 Å². The zero-order chi connectivity index (χ0) is 21.5. The molecular weight excluding hydrogens is 388 g/mol. The predicted molar refractivity (Wildman–Crippen MR) is 113 cm³/mol. The first-order valence-corrected chi connectivity index (χ1v) is 10.3. The normalized spacial score (nSPS) is 14.4. The van der Waals surface area contributed by atoms with Gasteiger partial charge in [0, 0.05) is 48.9 Å². The second-order valence-electron chi connectivity index (χ2n) is 7.67. The number of hydrogen-bond donors (Lipinski definition) is 2. The molecule has 7 heteroatoms. The number of nitrogens with one attached hydrogen (secondary N) is 2. The van der Waals surface area contributed by atoms with Crippen LogP contribution in [0.1, 0.15) is 38.2 Å². The van der Waals surface area contributed by atoms with Crippen LogP contribution >= 0.6 is 0 Å². The number of nitrogens with zero attached hydrogens (tertiary/aromatic N) is 1. The molecule has 1 fully saturated rings. The number of carbonyl (C=O) groups is 2. The van der Waals surface area contributed by atoms with Crippen LogP contribution in [0, 0.1) is 11.6 Å². The van der Waals surface area contributed by atoms with Gasteiger partial charge in [0.25, 0.3) is 0 Å². The van der Waals surface area contributed by atoms with E-state index in [2.05, 4.69) is 15.5 Å². The van der Waals surface area contributed by atoms with Gasteiger partial charge >= 0.3 is 0 Å². The smallest absolute Gasteiger partial charge is 0.226 e. The van der Waals surface area contributed by atoms with Crippen molar-refractivity contribution in [2.24, 2.45) is 0 Å². The third-order valence-electron chi connectivity index (χ3n) is 5.16. The number of anilines is 2. The molecule has 3 rings (SSSR count). The molecule has 0 radical (unpaired) electrons. The number of amides is 2. The highest BCUT2D eigenvalue weighted by Crippen LogP contribution is 2.23. The minimum Gasteiger partial charge on any atom is -0.371 e. The summed E-state index contributed by atoms with van der Waals surface area (Å²) in [6, 6.07) is 11.0. The molecule has 2 aromatic rings. The van der Waals surface area contributed by atoms with Gasteiger partial charge in [0.2, 0.25) is 11.8 Å². The van der Waals surface area contributed by atoms with E-state index in [9.17, 15) is 18.4 Å². The van der Waals surface area contributed by atoms with Gasteiger partial charge in [-0.2, -0.15) is 0 Å². The number of rotatable bonds is 8. The average Bonchev–Trinajstić information content (AvgIpc) is 3.22. The SMILES string of the molecule is CC(CC(=O)Nc1cccc(N2CCCC2)c1)NC(=O)CCc1c(F)cccc1F. The maximum Gasteiger partial charge on any atom is 0.226 e. The van der Waals surface area contributed by atoms with Crippen LogP contribution < -0.4 is 15.5 Å². The van der Waals surface area contributed by atoms with Crippen LogP contribution in [-0.4, -0.2) is 30.9 Å². The summed E-state index contributed by atoms with van der Waals surface area (Å²) < 4.78 is 27.3. The van der Waals surface area contributed by atoms with E-state index in [1.54, 1.807) is 6.92 Å².